The zero-order valence-corrected chi connectivity index (χ0v) is 21.7. The minimum Gasteiger partial charge on any atom is -0.480 e. The maximum absolute atomic E-state index is 13.1. The number of amides is 3. The number of benzene rings is 3. The van der Waals surface area contributed by atoms with Crippen LogP contribution in [-0.4, -0.2) is 65.3 Å². The molecule has 0 spiro atoms. The zero-order valence-electron chi connectivity index (χ0n) is 21.7. The van der Waals surface area contributed by atoms with E-state index in [1.165, 1.54) is 0 Å². The van der Waals surface area contributed by atoms with Crippen LogP contribution in [-0.2, 0) is 38.6 Å². The molecule has 0 aromatic heterocycles. The van der Waals surface area contributed by atoms with Gasteiger partial charge in [0, 0.05) is 12.8 Å². The van der Waals surface area contributed by atoms with Crippen molar-refractivity contribution < 1.29 is 39.1 Å². The molecule has 0 radical (unpaired) electrons. The first-order valence-electron chi connectivity index (χ1n) is 12.4. The van der Waals surface area contributed by atoms with Crippen molar-refractivity contribution in [3.05, 3.63) is 108 Å². The second-order valence-electron chi connectivity index (χ2n) is 8.46. The average molecular weight is 549 g/mol. The van der Waals surface area contributed by atoms with E-state index in [4.69, 9.17) is 14.8 Å². The highest BCUT2D eigenvalue weighted by molar-refractivity contribution is 6.13. The lowest BCUT2D eigenvalue weighted by atomic mass is 10.0. The van der Waals surface area contributed by atoms with Gasteiger partial charge in [-0.2, -0.15) is 0 Å². The third-order valence-electron chi connectivity index (χ3n) is 5.44. The number of carbonyl (C=O) groups is 4. The van der Waals surface area contributed by atoms with Gasteiger partial charge in [0.25, 0.3) is 0 Å². The van der Waals surface area contributed by atoms with Crippen LogP contribution in [0.4, 0.5) is 4.79 Å². The molecule has 210 valence electrons. The van der Waals surface area contributed by atoms with Gasteiger partial charge < -0.3 is 35.8 Å². The standard InChI is InChI=1S/C28H29N3O6.BH3O2/c32-25(18-29-28(36)37-19-22-14-8-3-9-15-22)30-23(16-20-10-4-1-5-11-20)26(33)31-24(27(34)35)17-21-12-6-2-7-13-21;2-1-3/h1-15,23-24H,16-19H2,(H,29,36)(H,30,32)(H,31,33)(H,34,35);1-3H/t23-,24-;/m0./s1. The van der Waals surface area contributed by atoms with E-state index in [2.05, 4.69) is 16.0 Å². The van der Waals surface area contributed by atoms with Crippen molar-refractivity contribution in [2.45, 2.75) is 31.5 Å². The lowest BCUT2D eigenvalue weighted by Crippen LogP contribution is -2.54. The summed E-state index contributed by atoms with van der Waals surface area (Å²) in [6.07, 6.45) is -0.561. The Balaban J connectivity index is 0.00000178. The molecule has 0 saturated heterocycles. The lowest BCUT2D eigenvalue weighted by molar-refractivity contribution is -0.142. The van der Waals surface area contributed by atoms with E-state index in [1.807, 2.05) is 30.3 Å². The first-order valence-corrected chi connectivity index (χ1v) is 12.4. The topological polar surface area (TPSA) is 174 Å². The van der Waals surface area contributed by atoms with Crippen LogP contribution in [0.15, 0.2) is 91.0 Å². The van der Waals surface area contributed by atoms with Crippen LogP contribution in [0.1, 0.15) is 16.7 Å². The fourth-order valence-corrected chi connectivity index (χ4v) is 3.55. The summed E-state index contributed by atoms with van der Waals surface area (Å²) in [5.74, 6) is -2.46. The van der Waals surface area contributed by atoms with E-state index >= 15 is 0 Å². The van der Waals surface area contributed by atoms with Crippen LogP contribution >= 0.6 is 0 Å². The molecule has 0 aliphatic carbocycles. The number of carbonyl (C=O) groups excluding carboxylic acids is 3. The second-order valence-corrected chi connectivity index (χ2v) is 8.46. The molecule has 40 heavy (non-hydrogen) atoms. The molecule has 2 atom stereocenters. The van der Waals surface area contributed by atoms with Gasteiger partial charge in [-0.15, -0.1) is 0 Å². The summed E-state index contributed by atoms with van der Waals surface area (Å²) in [5, 5.41) is 31.4. The molecular formula is C28H32BN3O8. The number of carboxylic acid groups (broad SMARTS) is 1. The fourth-order valence-electron chi connectivity index (χ4n) is 3.55. The summed E-state index contributed by atoms with van der Waals surface area (Å²) in [7, 11) is -0.750. The number of carboxylic acids is 1. The summed E-state index contributed by atoms with van der Waals surface area (Å²) >= 11 is 0. The minimum absolute atomic E-state index is 0.0469. The summed E-state index contributed by atoms with van der Waals surface area (Å²) < 4.78 is 5.09. The highest BCUT2D eigenvalue weighted by Gasteiger charge is 2.27. The van der Waals surface area contributed by atoms with Crippen LogP contribution in [0, 0.1) is 0 Å². The quantitative estimate of drug-likeness (QED) is 0.179. The first-order chi connectivity index (χ1) is 19.3. The first kappa shape index (κ1) is 31.5. The molecular weight excluding hydrogens is 517 g/mol. The van der Waals surface area contributed by atoms with E-state index in [0.717, 1.165) is 16.7 Å². The van der Waals surface area contributed by atoms with E-state index in [9.17, 15) is 24.3 Å². The number of aliphatic carboxylic acids is 1. The van der Waals surface area contributed by atoms with Crippen molar-refractivity contribution in [3.8, 4) is 0 Å². The maximum atomic E-state index is 13.1. The number of alkyl carbamates (subject to hydrolysis) is 1. The second kappa shape index (κ2) is 17.8. The molecule has 0 aliphatic heterocycles. The SMILES string of the molecule is O=C(CNC(=O)OCc1ccccc1)N[C@@H](Cc1ccccc1)C(=O)N[C@@H](Cc1ccccc1)C(=O)O.OBO. The summed E-state index contributed by atoms with van der Waals surface area (Å²) in [5.41, 5.74) is 2.32. The van der Waals surface area contributed by atoms with Crippen molar-refractivity contribution >= 4 is 31.6 Å². The Bertz CT molecular complexity index is 1200. The van der Waals surface area contributed by atoms with Gasteiger partial charge in [0.1, 0.15) is 25.2 Å². The molecule has 0 heterocycles. The van der Waals surface area contributed by atoms with Crippen LogP contribution in [0.2, 0.25) is 0 Å². The van der Waals surface area contributed by atoms with Gasteiger partial charge in [-0.1, -0.05) is 91.0 Å². The number of nitrogens with one attached hydrogen (secondary N) is 3. The Morgan fingerprint density at radius 1 is 0.700 bits per heavy atom. The normalized spacial score (nSPS) is 11.4. The van der Waals surface area contributed by atoms with Gasteiger partial charge in [0.2, 0.25) is 11.8 Å². The maximum Gasteiger partial charge on any atom is 0.432 e. The lowest BCUT2D eigenvalue weighted by Gasteiger charge is -2.22. The van der Waals surface area contributed by atoms with Crippen molar-refractivity contribution in [2.24, 2.45) is 0 Å². The van der Waals surface area contributed by atoms with Gasteiger partial charge >= 0.3 is 19.7 Å². The van der Waals surface area contributed by atoms with Crippen molar-refractivity contribution in [3.63, 3.8) is 0 Å². The van der Waals surface area contributed by atoms with E-state index in [1.54, 1.807) is 60.7 Å². The van der Waals surface area contributed by atoms with E-state index in [-0.39, 0.29) is 19.4 Å². The smallest absolute Gasteiger partial charge is 0.432 e. The summed E-state index contributed by atoms with van der Waals surface area (Å²) in [6, 6.07) is 24.8. The summed E-state index contributed by atoms with van der Waals surface area (Å²) in [4.78, 5) is 49.4. The molecule has 0 aliphatic rings. The molecule has 11 nitrogen and oxygen atoms in total. The molecule has 3 rings (SSSR count). The Labute approximate surface area is 232 Å². The largest absolute Gasteiger partial charge is 0.480 e. The molecule has 3 aromatic rings. The monoisotopic (exact) mass is 549 g/mol. The molecule has 0 bridgehead atoms. The molecule has 3 amide bonds. The highest BCUT2D eigenvalue weighted by atomic mass is 16.5. The van der Waals surface area contributed by atoms with Crippen LogP contribution in [0.3, 0.4) is 0 Å². The van der Waals surface area contributed by atoms with E-state index in [0.29, 0.717) is 0 Å². The highest BCUT2D eigenvalue weighted by Crippen LogP contribution is 2.07. The third kappa shape index (κ3) is 12.2. The Morgan fingerprint density at radius 2 is 1.15 bits per heavy atom. The molecule has 12 heteroatoms. The molecule has 6 N–H and O–H groups in total. The zero-order chi connectivity index (χ0) is 29.2. The van der Waals surface area contributed by atoms with Gasteiger partial charge in [0.15, 0.2) is 0 Å². The molecule has 0 fully saturated rings. The Kier molecular flexibility index (Phi) is 14.0. The Morgan fingerprint density at radius 3 is 1.62 bits per heavy atom. The number of rotatable bonds is 12. The predicted octanol–water partition coefficient (Wildman–Crippen LogP) is 0.690. The van der Waals surface area contributed by atoms with Crippen LogP contribution < -0.4 is 16.0 Å². The molecule has 3 aromatic carbocycles. The van der Waals surface area contributed by atoms with Gasteiger partial charge in [-0.05, 0) is 16.7 Å². The molecule has 0 saturated carbocycles. The number of hydrogen-bond donors (Lipinski definition) is 6. The van der Waals surface area contributed by atoms with Crippen molar-refractivity contribution in [1.29, 1.82) is 0 Å². The van der Waals surface area contributed by atoms with Crippen molar-refractivity contribution in [2.75, 3.05) is 6.54 Å². The van der Waals surface area contributed by atoms with Gasteiger partial charge in [-0.3, -0.25) is 9.59 Å². The minimum atomic E-state index is -1.19. The van der Waals surface area contributed by atoms with Crippen LogP contribution in [0.5, 0.6) is 0 Å². The Hall–Kier alpha value is -4.68. The summed E-state index contributed by atoms with van der Waals surface area (Å²) in [6.45, 7) is -0.371. The average Bonchev–Trinajstić information content (AvgIpc) is 2.96. The van der Waals surface area contributed by atoms with Gasteiger partial charge in [-0.25, -0.2) is 9.59 Å². The van der Waals surface area contributed by atoms with E-state index < -0.39 is 50.2 Å². The van der Waals surface area contributed by atoms with Crippen molar-refractivity contribution in [1.82, 2.24) is 16.0 Å². The molecule has 0 unspecified atom stereocenters. The predicted molar refractivity (Wildman–Crippen MR) is 148 cm³/mol. The number of ether oxygens (including phenoxy) is 1. The number of hydrogen-bond acceptors (Lipinski definition) is 7. The fraction of sp³-hybridized carbons (Fsp3) is 0.214. The third-order valence-corrected chi connectivity index (χ3v) is 5.44. The van der Waals surface area contributed by atoms with Gasteiger partial charge in [0.05, 0.1) is 0 Å². The van der Waals surface area contributed by atoms with Crippen LogP contribution in [0.25, 0.3) is 0 Å².